The summed E-state index contributed by atoms with van der Waals surface area (Å²) in [6, 6.07) is 9.16. The summed E-state index contributed by atoms with van der Waals surface area (Å²) in [4.78, 5) is 11.7. The largest absolute Gasteiger partial charge is 0.365 e. The highest BCUT2D eigenvalue weighted by atomic mass is 16.5. The lowest BCUT2D eigenvalue weighted by atomic mass is 9.98. The first-order chi connectivity index (χ1) is 9.33. The zero-order valence-corrected chi connectivity index (χ0v) is 11.0. The standard InChI is InChI=1S/C17H18O2/c18-16(14-5-2-1-3-6-14)7-4-10-19-17-12-13-8-9-15(17)11-13/h1-3,5-6,13,15,17H,8-12H2. The van der Waals surface area contributed by atoms with E-state index in [1.807, 2.05) is 18.2 Å². The van der Waals surface area contributed by atoms with Crippen LogP contribution in [0.2, 0.25) is 0 Å². The van der Waals surface area contributed by atoms with Crippen LogP contribution in [0.15, 0.2) is 30.3 Å². The molecule has 1 aromatic carbocycles. The Balaban J connectivity index is 1.48. The molecule has 0 radical (unpaired) electrons. The monoisotopic (exact) mass is 254 g/mol. The molecule has 2 saturated carbocycles. The summed E-state index contributed by atoms with van der Waals surface area (Å²) < 4.78 is 5.80. The summed E-state index contributed by atoms with van der Waals surface area (Å²) in [6.45, 7) is 0.381. The fraction of sp³-hybridized carbons (Fsp3) is 0.471. The maximum atomic E-state index is 11.7. The van der Waals surface area contributed by atoms with E-state index >= 15 is 0 Å². The van der Waals surface area contributed by atoms with Gasteiger partial charge in [0.1, 0.15) is 6.61 Å². The number of benzene rings is 1. The van der Waals surface area contributed by atoms with Gasteiger partial charge in [0, 0.05) is 5.56 Å². The third-order valence-corrected chi connectivity index (χ3v) is 4.28. The first kappa shape index (κ1) is 12.4. The van der Waals surface area contributed by atoms with Crippen LogP contribution in [0.1, 0.15) is 36.0 Å². The number of ether oxygens (including phenoxy) is 1. The van der Waals surface area contributed by atoms with Crippen LogP contribution in [0, 0.1) is 23.7 Å². The minimum absolute atomic E-state index is 0.128. The Labute approximate surface area is 114 Å². The van der Waals surface area contributed by atoms with E-state index in [9.17, 15) is 4.79 Å². The summed E-state index contributed by atoms with van der Waals surface area (Å²) in [6.07, 6.45) is 5.61. The van der Waals surface area contributed by atoms with E-state index in [0.717, 1.165) is 11.8 Å². The van der Waals surface area contributed by atoms with E-state index in [1.165, 1.54) is 25.7 Å². The van der Waals surface area contributed by atoms with Crippen LogP contribution in [0.25, 0.3) is 0 Å². The minimum atomic E-state index is -0.128. The Hall–Kier alpha value is -1.59. The van der Waals surface area contributed by atoms with Crippen molar-refractivity contribution in [1.29, 1.82) is 0 Å². The number of rotatable bonds is 3. The van der Waals surface area contributed by atoms with Gasteiger partial charge in [-0.05, 0) is 43.4 Å². The normalized spacial score (nSPS) is 27.9. The zero-order valence-electron chi connectivity index (χ0n) is 11.0. The quantitative estimate of drug-likeness (QED) is 0.471. The van der Waals surface area contributed by atoms with Crippen molar-refractivity contribution < 1.29 is 9.53 Å². The van der Waals surface area contributed by atoms with Crippen molar-refractivity contribution in [1.82, 2.24) is 0 Å². The molecule has 2 heteroatoms. The molecule has 0 heterocycles. The Kier molecular flexibility index (Phi) is 3.66. The lowest BCUT2D eigenvalue weighted by Gasteiger charge is -2.20. The van der Waals surface area contributed by atoms with Crippen molar-refractivity contribution in [3.63, 3.8) is 0 Å². The van der Waals surface area contributed by atoms with Gasteiger partial charge in [-0.25, -0.2) is 0 Å². The number of hydrogen-bond donors (Lipinski definition) is 0. The highest BCUT2D eigenvalue weighted by Gasteiger charge is 2.39. The molecular formula is C17H18O2. The molecule has 2 fully saturated rings. The van der Waals surface area contributed by atoms with Crippen LogP contribution in [-0.4, -0.2) is 18.5 Å². The Bertz CT molecular complexity index is 509. The van der Waals surface area contributed by atoms with Crippen LogP contribution in [-0.2, 0) is 4.74 Å². The maximum absolute atomic E-state index is 11.7. The zero-order chi connectivity index (χ0) is 13.1. The van der Waals surface area contributed by atoms with Crippen LogP contribution in [0.5, 0.6) is 0 Å². The highest BCUT2D eigenvalue weighted by molar-refractivity contribution is 6.08. The van der Waals surface area contributed by atoms with E-state index < -0.39 is 0 Å². The molecule has 0 amide bonds. The summed E-state index contributed by atoms with van der Waals surface area (Å²) in [5.41, 5.74) is 0.648. The van der Waals surface area contributed by atoms with E-state index in [4.69, 9.17) is 4.74 Å². The smallest absolute Gasteiger partial charge is 0.235 e. The molecular weight excluding hydrogens is 236 g/mol. The van der Waals surface area contributed by atoms with Crippen LogP contribution in [0.3, 0.4) is 0 Å². The molecule has 2 aliphatic rings. The van der Waals surface area contributed by atoms with Gasteiger partial charge in [0.15, 0.2) is 0 Å². The molecule has 2 aliphatic carbocycles. The Morgan fingerprint density at radius 1 is 1.21 bits per heavy atom. The van der Waals surface area contributed by atoms with Crippen molar-refractivity contribution in [3.05, 3.63) is 35.9 Å². The van der Waals surface area contributed by atoms with Crippen molar-refractivity contribution in [2.75, 3.05) is 6.61 Å². The summed E-state index contributed by atoms with van der Waals surface area (Å²) >= 11 is 0. The summed E-state index contributed by atoms with van der Waals surface area (Å²) in [5, 5.41) is 0. The van der Waals surface area contributed by atoms with Gasteiger partial charge in [-0.3, -0.25) is 4.79 Å². The van der Waals surface area contributed by atoms with Gasteiger partial charge < -0.3 is 4.74 Å². The lowest BCUT2D eigenvalue weighted by Crippen LogP contribution is -2.20. The van der Waals surface area contributed by atoms with Gasteiger partial charge in [-0.2, -0.15) is 0 Å². The predicted octanol–water partition coefficient (Wildman–Crippen LogP) is 3.08. The highest BCUT2D eigenvalue weighted by Crippen LogP contribution is 2.45. The number of fused-ring (bicyclic) bond motifs is 2. The number of ketones is 1. The predicted molar refractivity (Wildman–Crippen MR) is 73.7 cm³/mol. The average Bonchev–Trinajstić information content (AvgIpc) is 3.07. The minimum Gasteiger partial charge on any atom is -0.365 e. The first-order valence-electron chi connectivity index (χ1n) is 7.03. The third-order valence-electron chi connectivity index (χ3n) is 4.28. The summed E-state index contributed by atoms with van der Waals surface area (Å²) in [7, 11) is 0. The second kappa shape index (κ2) is 5.59. The lowest BCUT2D eigenvalue weighted by molar-refractivity contribution is 0.0367. The van der Waals surface area contributed by atoms with Crippen molar-refractivity contribution in [3.8, 4) is 11.8 Å². The second-order valence-electron chi connectivity index (χ2n) is 5.52. The van der Waals surface area contributed by atoms with Crippen molar-refractivity contribution in [2.24, 2.45) is 11.8 Å². The second-order valence-corrected chi connectivity index (χ2v) is 5.52. The van der Waals surface area contributed by atoms with E-state index in [1.54, 1.807) is 12.1 Å². The maximum Gasteiger partial charge on any atom is 0.235 e. The topological polar surface area (TPSA) is 26.3 Å². The fourth-order valence-corrected chi connectivity index (χ4v) is 3.32. The molecule has 3 rings (SSSR count). The number of Topliss-reactive ketones (excluding diaryl/α,β-unsaturated/α-hetero) is 1. The average molecular weight is 254 g/mol. The molecule has 3 unspecified atom stereocenters. The van der Waals surface area contributed by atoms with Gasteiger partial charge in [0.25, 0.3) is 0 Å². The van der Waals surface area contributed by atoms with E-state index in [2.05, 4.69) is 11.8 Å². The number of hydrogen-bond acceptors (Lipinski definition) is 2. The Morgan fingerprint density at radius 3 is 2.74 bits per heavy atom. The van der Waals surface area contributed by atoms with Gasteiger partial charge in [-0.15, -0.1) is 0 Å². The van der Waals surface area contributed by atoms with Crippen molar-refractivity contribution in [2.45, 2.75) is 31.8 Å². The van der Waals surface area contributed by atoms with Crippen LogP contribution in [0.4, 0.5) is 0 Å². The molecule has 0 spiro atoms. The SMILES string of the molecule is O=C(C#CCOC1CC2CCC1C2)c1ccccc1. The fourth-order valence-electron chi connectivity index (χ4n) is 3.32. The first-order valence-corrected chi connectivity index (χ1v) is 7.03. The third kappa shape index (κ3) is 2.88. The molecule has 0 aromatic heterocycles. The van der Waals surface area contributed by atoms with Gasteiger partial charge in [-0.1, -0.05) is 36.3 Å². The molecule has 0 N–H and O–H groups in total. The Morgan fingerprint density at radius 2 is 2.05 bits per heavy atom. The molecule has 0 saturated heterocycles. The molecule has 2 nitrogen and oxygen atoms in total. The van der Waals surface area contributed by atoms with Gasteiger partial charge in [0.2, 0.25) is 5.78 Å². The molecule has 3 atom stereocenters. The molecule has 19 heavy (non-hydrogen) atoms. The van der Waals surface area contributed by atoms with Gasteiger partial charge >= 0.3 is 0 Å². The van der Waals surface area contributed by atoms with E-state index in [0.29, 0.717) is 18.3 Å². The number of carbonyl (C=O) groups excluding carboxylic acids is 1. The van der Waals surface area contributed by atoms with Gasteiger partial charge in [0.05, 0.1) is 6.10 Å². The number of carbonyl (C=O) groups is 1. The van der Waals surface area contributed by atoms with E-state index in [-0.39, 0.29) is 5.78 Å². The molecule has 0 aliphatic heterocycles. The molecule has 2 bridgehead atoms. The summed E-state index contributed by atoms with van der Waals surface area (Å²) in [5.74, 6) is 7.00. The molecule has 1 aromatic rings. The van der Waals surface area contributed by atoms with Crippen LogP contribution < -0.4 is 0 Å². The molecule has 98 valence electrons. The van der Waals surface area contributed by atoms with Crippen LogP contribution >= 0.6 is 0 Å². The van der Waals surface area contributed by atoms with Crippen molar-refractivity contribution >= 4 is 5.78 Å².